The van der Waals surface area contributed by atoms with Crippen molar-refractivity contribution in [3.05, 3.63) is 183 Å². The van der Waals surface area contributed by atoms with Crippen LogP contribution in [0.5, 0.6) is 0 Å². The Morgan fingerprint density at radius 3 is 1.31 bits per heavy atom. The van der Waals surface area contributed by atoms with Crippen LogP contribution in [0, 0.1) is 0 Å². The van der Waals surface area contributed by atoms with E-state index in [1.54, 1.807) is 0 Å². The van der Waals surface area contributed by atoms with E-state index in [1.165, 1.54) is 77.9 Å². The molecule has 59 heavy (non-hydrogen) atoms. The molecule has 1 aromatic heterocycles. The summed E-state index contributed by atoms with van der Waals surface area (Å²) in [6, 6.07) is 44.2. The fourth-order valence-electron chi connectivity index (χ4n) is 10.0. The molecule has 0 amide bonds. The highest BCUT2D eigenvalue weighted by molar-refractivity contribution is 5.88. The maximum absolute atomic E-state index is 4.64. The minimum atomic E-state index is -0.694. The minimum absolute atomic E-state index is 0.00522. The van der Waals surface area contributed by atoms with Gasteiger partial charge in [0.05, 0.1) is 11.1 Å². The van der Waals surface area contributed by atoms with Crippen molar-refractivity contribution in [2.45, 2.75) is 116 Å². The molecular formula is C55H60N4+2. The lowest BCUT2D eigenvalue weighted by Crippen LogP contribution is -2.38. The maximum Gasteiger partial charge on any atom is 0.490 e. The Bertz CT molecular complexity index is 2670. The van der Waals surface area contributed by atoms with E-state index in [9.17, 15) is 0 Å². The van der Waals surface area contributed by atoms with Gasteiger partial charge in [-0.25, -0.2) is 0 Å². The Morgan fingerprint density at radius 2 is 0.915 bits per heavy atom. The van der Waals surface area contributed by atoms with Gasteiger partial charge in [0.1, 0.15) is 0 Å². The van der Waals surface area contributed by atoms with Gasteiger partial charge in [-0.3, -0.25) is 5.10 Å². The SMILES string of the molecule is C[N+]1=C=[N+](C2(c3cccc(C4(c5ccn[nH]5)c5ccc(C(C)(C)C)cc5-c5cc(C(C)(C)C)ccc54)c3)c3ccc(C(C)(C)C)cc3-c3cc(C(C)(C)C)ccc32)C=C1. The lowest BCUT2D eigenvalue weighted by Gasteiger charge is -2.34. The molecule has 2 heterocycles. The monoisotopic (exact) mass is 776 g/mol. The molecule has 6 aromatic rings. The maximum atomic E-state index is 4.64. The predicted octanol–water partition coefficient (Wildman–Crippen LogP) is 12.5. The van der Waals surface area contributed by atoms with E-state index in [-0.39, 0.29) is 21.7 Å². The zero-order valence-electron chi connectivity index (χ0n) is 37.4. The smallest absolute Gasteiger partial charge is 0.281 e. The van der Waals surface area contributed by atoms with Crippen LogP contribution in [-0.2, 0) is 32.6 Å². The van der Waals surface area contributed by atoms with Gasteiger partial charge in [-0.15, -0.1) is 0 Å². The summed E-state index contributed by atoms with van der Waals surface area (Å²) in [5.41, 5.74) is 17.7. The number of hydrogen-bond acceptors (Lipinski definition) is 1. The molecule has 0 unspecified atom stereocenters. The molecule has 9 rings (SSSR count). The Kier molecular flexibility index (Phi) is 8.39. The molecule has 0 bridgehead atoms. The van der Waals surface area contributed by atoms with Gasteiger partial charge in [-0.1, -0.05) is 183 Å². The molecule has 1 aliphatic heterocycles. The molecule has 298 valence electrons. The van der Waals surface area contributed by atoms with Crippen LogP contribution < -0.4 is 0 Å². The average Bonchev–Trinajstić information content (AvgIpc) is 3.97. The van der Waals surface area contributed by atoms with Crippen molar-refractivity contribution in [1.82, 2.24) is 10.2 Å². The van der Waals surface area contributed by atoms with Crippen molar-refractivity contribution in [1.29, 1.82) is 0 Å². The zero-order chi connectivity index (χ0) is 42.1. The van der Waals surface area contributed by atoms with Crippen LogP contribution >= 0.6 is 0 Å². The third kappa shape index (κ3) is 5.74. The first-order chi connectivity index (χ1) is 27.7. The molecular weight excluding hydrogens is 717 g/mol. The summed E-state index contributed by atoms with van der Waals surface area (Å²) in [6.07, 6.45) is 6.23. The summed E-state index contributed by atoms with van der Waals surface area (Å²) < 4.78 is 4.38. The van der Waals surface area contributed by atoms with Crippen LogP contribution in [0.15, 0.2) is 122 Å². The van der Waals surface area contributed by atoms with Crippen molar-refractivity contribution in [2.24, 2.45) is 0 Å². The van der Waals surface area contributed by atoms with E-state index in [0.717, 1.165) is 5.69 Å². The van der Waals surface area contributed by atoms with Gasteiger partial charge in [-0.05, 0) is 95.0 Å². The first kappa shape index (κ1) is 38.9. The second-order valence-electron chi connectivity index (χ2n) is 21.4. The first-order valence-electron chi connectivity index (χ1n) is 21.3. The summed E-state index contributed by atoms with van der Waals surface area (Å²) in [5.74, 6) is 0. The average molecular weight is 777 g/mol. The van der Waals surface area contributed by atoms with Crippen LogP contribution in [0.4, 0.5) is 0 Å². The number of fused-ring (bicyclic) bond motifs is 6. The van der Waals surface area contributed by atoms with E-state index in [0.29, 0.717) is 0 Å². The van der Waals surface area contributed by atoms with Crippen LogP contribution in [-0.4, -0.2) is 32.4 Å². The van der Waals surface area contributed by atoms with Crippen molar-refractivity contribution < 1.29 is 9.15 Å². The van der Waals surface area contributed by atoms with Crippen molar-refractivity contribution >= 4 is 6.01 Å². The first-order valence-corrected chi connectivity index (χ1v) is 21.3. The Labute approximate surface area is 352 Å². The van der Waals surface area contributed by atoms with Crippen molar-refractivity contribution in [2.75, 3.05) is 7.05 Å². The highest BCUT2D eigenvalue weighted by Crippen LogP contribution is 2.59. The van der Waals surface area contributed by atoms with Gasteiger partial charge in [-0.2, -0.15) is 5.10 Å². The van der Waals surface area contributed by atoms with E-state index in [1.807, 2.05) is 10.8 Å². The molecule has 4 heteroatoms. The molecule has 4 nitrogen and oxygen atoms in total. The molecule has 0 saturated heterocycles. The quantitative estimate of drug-likeness (QED) is 0.178. The molecule has 0 atom stereocenters. The molecule has 1 N–H and O–H groups in total. The predicted molar refractivity (Wildman–Crippen MR) is 243 cm³/mol. The number of nitrogens with zero attached hydrogens (tertiary/aromatic N) is 3. The lowest BCUT2D eigenvalue weighted by molar-refractivity contribution is -0.533. The molecule has 0 radical (unpaired) electrons. The second-order valence-corrected chi connectivity index (χ2v) is 21.4. The van der Waals surface area contributed by atoms with Gasteiger partial charge < -0.3 is 0 Å². The summed E-state index contributed by atoms with van der Waals surface area (Å²) in [7, 11) is 2.07. The van der Waals surface area contributed by atoms with E-state index in [2.05, 4.69) is 226 Å². The minimum Gasteiger partial charge on any atom is -0.281 e. The molecule has 0 spiro atoms. The van der Waals surface area contributed by atoms with Crippen molar-refractivity contribution in [3.63, 3.8) is 0 Å². The highest BCUT2D eigenvalue weighted by atomic mass is 15.2. The normalized spacial score (nSPS) is 16.4. The number of H-pyrrole nitrogens is 1. The fourth-order valence-corrected chi connectivity index (χ4v) is 10.0. The summed E-state index contributed by atoms with van der Waals surface area (Å²) >= 11 is 0. The third-order valence-electron chi connectivity index (χ3n) is 13.4. The number of hydrogen-bond donors (Lipinski definition) is 1. The summed E-state index contributed by atoms with van der Waals surface area (Å²) in [5, 5.41) is 8.17. The van der Waals surface area contributed by atoms with Crippen molar-refractivity contribution in [3.8, 4) is 22.3 Å². The number of benzene rings is 5. The molecule has 5 aromatic carbocycles. The van der Waals surface area contributed by atoms with Gasteiger partial charge >= 0.3 is 6.01 Å². The summed E-state index contributed by atoms with van der Waals surface area (Å²) in [4.78, 5) is 0. The van der Waals surface area contributed by atoms with Crippen LogP contribution in [0.1, 0.15) is 144 Å². The summed E-state index contributed by atoms with van der Waals surface area (Å²) in [6.45, 7) is 27.7. The molecule has 3 aliphatic rings. The van der Waals surface area contributed by atoms with E-state index < -0.39 is 11.0 Å². The molecule has 0 saturated carbocycles. The topological polar surface area (TPSA) is 34.7 Å². The number of aromatic amines is 1. The fraction of sp³-hybridized carbons (Fsp3) is 0.345. The number of rotatable bonds is 4. The number of aromatic nitrogens is 2. The Balaban J connectivity index is 1.40. The van der Waals surface area contributed by atoms with Crippen LogP contribution in [0.25, 0.3) is 22.3 Å². The van der Waals surface area contributed by atoms with Gasteiger partial charge in [0.2, 0.25) is 12.4 Å². The second kappa shape index (κ2) is 12.7. The van der Waals surface area contributed by atoms with E-state index >= 15 is 0 Å². The zero-order valence-corrected chi connectivity index (χ0v) is 37.4. The molecule has 2 aliphatic carbocycles. The molecule has 0 fully saturated rings. The van der Waals surface area contributed by atoms with E-state index in [4.69, 9.17) is 0 Å². The van der Waals surface area contributed by atoms with Gasteiger partial charge in [0.15, 0.2) is 7.05 Å². The van der Waals surface area contributed by atoms with Gasteiger partial charge in [0.25, 0.3) is 5.54 Å². The lowest BCUT2D eigenvalue weighted by atomic mass is 9.68. The number of nitrogens with one attached hydrogen (secondary N) is 1. The van der Waals surface area contributed by atoms with Gasteiger partial charge in [0, 0.05) is 22.9 Å². The van der Waals surface area contributed by atoms with Crippen LogP contribution in [0.2, 0.25) is 0 Å². The standard InChI is InChI=1S/C55H60N4/c1-50(2,3)35-17-21-45-41(30-35)42-31-36(51(4,5)6)18-22-46(42)54(45,49-25-26-56-57-49)39-15-14-16-40(29-39)55(59-28-27-58(13)34-59)47-23-19-37(52(7,8)9)32-43(47)44-33-38(53(10,11)12)20-24-48(44)55/h14-33H,1-13H3,(H,56,57)/q+2. The van der Waals surface area contributed by atoms with Crippen LogP contribution in [0.3, 0.4) is 0 Å². The third-order valence-corrected chi connectivity index (χ3v) is 13.4. The highest BCUT2D eigenvalue weighted by Gasteiger charge is 2.57. The largest absolute Gasteiger partial charge is 0.490 e. The Hall–Kier alpha value is -5.57. The Morgan fingerprint density at radius 1 is 0.492 bits per heavy atom.